The molecule has 1 aliphatic rings. The molecule has 1 amide bonds. The molecule has 1 aromatic carbocycles. The Morgan fingerprint density at radius 2 is 1.86 bits per heavy atom. The minimum absolute atomic E-state index is 0.200. The van der Waals surface area contributed by atoms with E-state index in [0.717, 1.165) is 31.4 Å². The first-order valence-corrected chi connectivity index (χ1v) is 6.95. The van der Waals surface area contributed by atoms with Gasteiger partial charge in [0.1, 0.15) is 5.69 Å². The number of nitrogens with zero attached hydrogens (tertiary/aromatic N) is 1. The topological polar surface area (TPSA) is 72.2 Å². The van der Waals surface area contributed by atoms with Crippen molar-refractivity contribution in [3.05, 3.63) is 33.9 Å². The summed E-state index contributed by atoms with van der Waals surface area (Å²) in [6.07, 6.45) is -0.415. The maximum atomic E-state index is 12.6. The molecule has 0 unspecified atom stereocenters. The van der Waals surface area contributed by atoms with Gasteiger partial charge in [-0.15, -0.1) is 0 Å². The Morgan fingerprint density at radius 1 is 1.23 bits per heavy atom. The molecule has 0 saturated heterocycles. The molecule has 0 aromatic heterocycles. The standard InChI is InChI=1S/C14H15F3N2O3/c15-14(16,17)10-6-7-11(12(8-10)19(21)22)18-13(20)9-4-2-1-3-5-9/h6-9H,1-5H2,(H,18,20). The van der Waals surface area contributed by atoms with Crippen LogP contribution < -0.4 is 5.32 Å². The van der Waals surface area contributed by atoms with Crippen LogP contribution in [0.2, 0.25) is 0 Å². The van der Waals surface area contributed by atoms with Gasteiger partial charge >= 0.3 is 6.18 Å². The Morgan fingerprint density at radius 3 is 2.41 bits per heavy atom. The Kier molecular flexibility index (Phi) is 4.68. The lowest BCUT2D eigenvalue weighted by Crippen LogP contribution is -2.25. The van der Waals surface area contributed by atoms with Crippen LogP contribution in [0.5, 0.6) is 0 Å². The number of anilines is 1. The Bertz CT molecular complexity index is 581. The summed E-state index contributed by atoms with van der Waals surface area (Å²) in [5, 5.41) is 13.3. The zero-order valence-corrected chi connectivity index (χ0v) is 11.7. The molecule has 0 spiro atoms. The van der Waals surface area contributed by atoms with Gasteiger partial charge in [0.25, 0.3) is 5.69 Å². The van der Waals surface area contributed by atoms with E-state index in [9.17, 15) is 28.1 Å². The molecular weight excluding hydrogens is 301 g/mol. The van der Waals surface area contributed by atoms with Gasteiger partial charge in [-0.05, 0) is 25.0 Å². The molecule has 1 saturated carbocycles. The zero-order chi connectivity index (χ0) is 16.3. The van der Waals surface area contributed by atoms with Crippen LogP contribution in [0.4, 0.5) is 24.5 Å². The van der Waals surface area contributed by atoms with E-state index in [1.807, 2.05) is 0 Å². The number of halogens is 3. The molecule has 1 aromatic rings. The number of rotatable bonds is 3. The third kappa shape index (κ3) is 3.75. The van der Waals surface area contributed by atoms with E-state index >= 15 is 0 Å². The number of benzene rings is 1. The lowest BCUT2D eigenvalue weighted by atomic mass is 9.88. The van der Waals surface area contributed by atoms with E-state index < -0.39 is 22.4 Å². The highest BCUT2D eigenvalue weighted by Gasteiger charge is 2.33. The van der Waals surface area contributed by atoms with Crippen molar-refractivity contribution in [3.63, 3.8) is 0 Å². The number of hydrogen-bond acceptors (Lipinski definition) is 3. The van der Waals surface area contributed by atoms with Gasteiger partial charge in [-0.3, -0.25) is 14.9 Å². The highest BCUT2D eigenvalue weighted by atomic mass is 19.4. The quantitative estimate of drug-likeness (QED) is 0.673. The van der Waals surface area contributed by atoms with Gasteiger partial charge in [-0.2, -0.15) is 13.2 Å². The van der Waals surface area contributed by atoms with Crippen molar-refractivity contribution in [3.8, 4) is 0 Å². The highest BCUT2D eigenvalue weighted by Crippen LogP contribution is 2.35. The van der Waals surface area contributed by atoms with Gasteiger partial charge in [-0.1, -0.05) is 19.3 Å². The van der Waals surface area contributed by atoms with E-state index in [1.165, 1.54) is 0 Å². The van der Waals surface area contributed by atoms with Crippen molar-refractivity contribution in [2.75, 3.05) is 5.32 Å². The number of carbonyl (C=O) groups is 1. The van der Waals surface area contributed by atoms with Crippen molar-refractivity contribution < 1.29 is 22.9 Å². The molecule has 0 atom stereocenters. The third-order valence-electron chi connectivity index (χ3n) is 3.76. The molecule has 0 aliphatic heterocycles. The average molecular weight is 316 g/mol. The fourth-order valence-electron chi connectivity index (χ4n) is 2.56. The monoisotopic (exact) mass is 316 g/mol. The van der Waals surface area contributed by atoms with Crippen LogP contribution in [0.1, 0.15) is 37.7 Å². The van der Waals surface area contributed by atoms with Gasteiger partial charge in [0.15, 0.2) is 0 Å². The lowest BCUT2D eigenvalue weighted by Gasteiger charge is -2.20. The first kappa shape index (κ1) is 16.3. The number of hydrogen-bond donors (Lipinski definition) is 1. The van der Waals surface area contributed by atoms with Crippen molar-refractivity contribution in [1.29, 1.82) is 0 Å². The molecule has 0 radical (unpaired) electrons. The second-order valence-corrected chi connectivity index (χ2v) is 5.31. The predicted molar refractivity (Wildman–Crippen MR) is 73.3 cm³/mol. The van der Waals surface area contributed by atoms with Crippen LogP contribution >= 0.6 is 0 Å². The van der Waals surface area contributed by atoms with Gasteiger partial charge < -0.3 is 5.32 Å². The second kappa shape index (κ2) is 6.33. The first-order valence-electron chi connectivity index (χ1n) is 6.95. The van der Waals surface area contributed by atoms with Crippen LogP contribution in [0.15, 0.2) is 18.2 Å². The summed E-state index contributed by atoms with van der Waals surface area (Å²) in [5.41, 5.74) is -2.07. The molecule has 1 N–H and O–H groups in total. The number of nitro groups is 1. The Labute approximate surface area is 124 Å². The normalized spacial score (nSPS) is 16.3. The lowest BCUT2D eigenvalue weighted by molar-refractivity contribution is -0.384. The van der Waals surface area contributed by atoms with Gasteiger partial charge in [-0.25, -0.2) is 0 Å². The van der Waals surface area contributed by atoms with Gasteiger partial charge in [0.05, 0.1) is 10.5 Å². The van der Waals surface area contributed by atoms with Gasteiger partial charge in [0, 0.05) is 12.0 Å². The summed E-state index contributed by atoms with van der Waals surface area (Å²) in [6, 6.07) is 2.10. The van der Waals surface area contributed by atoms with E-state index in [2.05, 4.69) is 5.32 Å². The molecule has 2 rings (SSSR count). The summed E-state index contributed by atoms with van der Waals surface area (Å²) in [4.78, 5) is 22.1. The molecule has 1 fully saturated rings. The van der Waals surface area contributed by atoms with Crippen LogP contribution in [0, 0.1) is 16.0 Å². The SMILES string of the molecule is O=C(Nc1ccc(C(F)(F)F)cc1[N+](=O)[O-])C1CCCCC1. The Hall–Kier alpha value is -2.12. The first-order chi connectivity index (χ1) is 10.3. The summed E-state index contributed by atoms with van der Waals surface area (Å²) in [5.74, 6) is -0.613. The van der Waals surface area contributed by atoms with E-state index in [1.54, 1.807) is 0 Å². The average Bonchev–Trinajstić information content (AvgIpc) is 2.47. The third-order valence-corrected chi connectivity index (χ3v) is 3.76. The smallest absolute Gasteiger partial charge is 0.320 e. The largest absolute Gasteiger partial charge is 0.416 e. The van der Waals surface area contributed by atoms with Crippen LogP contribution in [-0.4, -0.2) is 10.8 Å². The fraction of sp³-hybridized carbons (Fsp3) is 0.500. The van der Waals surface area contributed by atoms with E-state index in [4.69, 9.17) is 0 Å². The van der Waals surface area contributed by atoms with Crippen LogP contribution in [0.25, 0.3) is 0 Å². The molecule has 8 heteroatoms. The summed E-state index contributed by atoms with van der Waals surface area (Å²) >= 11 is 0. The number of alkyl halides is 3. The summed E-state index contributed by atoms with van der Waals surface area (Å²) in [6.45, 7) is 0. The van der Waals surface area contributed by atoms with Crippen molar-refractivity contribution >= 4 is 17.3 Å². The van der Waals surface area contributed by atoms with Crippen LogP contribution in [-0.2, 0) is 11.0 Å². The summed E-state index contributed by atoms with van der Waals surface area (Å²) in [7, 11) is 0. The zero-order valence-electron chi connectivity index (χ0n) is 11.7. The maximum Gasteiger partial charge on any atom is 0.416 e. The fourth-order valence-corrected chi connectivity index (χ4v) is 2.56. The van der Waals surface area contributed by atoms with Crippen molar-refractivity contribution in [1.82, 2.24) is 0 Å². The van der Waals surface area contributed by atoms with E-state index in [-0.39, 0.29) is 17.5 Å². The van der Waals surface area contributed by atoms with Crippen LogP contribution in [0.3, 0.4) is 0 Å². The Balaban J connectivity index is 2.23. The molecule has 0 bridgehead atoms. The maximum absolute atomic E-state index is 12.6. The number of nitro benzene ring substituents is 1. The van der Waals surface area contributed by atoms with Gasteiger partial charge in [0.2, 0.25) is 5.91 Å². The molecule has 22 heavy (non-hydrogen) atoms. The number of carbonyl (C=O) groups excluding carboxylic acids is 1. The molecule has 5 nitrogen and oxygen atoms in total. The van der Waals surface area contributed by atoms with Crippen molar-refractivity contribution in [2.24, 2.45) is 5.92 Å². The minimum atomic E-state index is -4.67. The molecule has 120 valence electrons. The molecule has 1 aliphatic carbocycles. The summed E-state index contributed by atoms with van der Waals surface area (Å²) < 4.78 is 37.8. The number of nitrogens with one attached hydrogen (secondary N) is 1. The number of amides is 1. The highest BCUT2D eigenvalue weighted by molar-refractivity contribution is 5.94. The molecular formula is C14H15F3N2O3. The van der Waals surface area contributed by atoms with E-state index in [0.29, 0.717) is 18.9 Å². The van der Waals surface area contributed by atoms with Crippen molar-refractivity contribution in [2.45, 2.75) is 38.3 Å². The minimum Gasteiger partial charge on any atom is -0.320 e. The predicted octanol–water partition coefficient (Wildman–Crippen LogP) is 4.13. The second-order valence-electron chi connectivity index (χ2n) is 5.31. The molecule has 0 heterocycles.